The van der Waals surface area contributed by atoms with Gasteiger partial charge in [0, 0.05) is 6.20 Å². The lowest BCUT2D eigenvalue weighted by atomic mass is 10.1. The van der Waals surface area contributed by atoms with Crippen LogP contribution < -0.4 is 16.7 Å². The van der Waals surface area contributed by atoms with Gasteiger partial charge in [-0.25, -0.2) is 19.7 Å². The molecule has 0 aliphatic rings. The van der Waals surface area contributed by atoms with Crippen LogP contribution in [0.15, 0.2) is 59.8 Å². The van der Waals surface area contributed by atoms with Crippen LogP contribution in [-0.4, -0.2) is 23.9 Å². The third-order valence-corrected chi connectivity index (χ3v) is 5.01. The second kappa shape index (κ2) is 7.67. The van der Waals surface area contributed by atoms with Gasteiger partial charge >= 0.3 is 5.69 Å². The minimum absolute atomic E-state index is 0.0900. The smallest absolute Gasteiger partial charge is 0.335 e. The predicted octanol–water partition coefficient (Wildman–Crippen LogP) is 2.52. The van der Waals surface area contributed by atoms with Crippen molar-refractivity contribution in [2.75, 3.05) is 11.1 Å². The second-order valence-corrected chi connectivity index (χ2v) is 6.91. The molecular formula is C21H20N8O. The molecule has 0 amide bonds. The maximum Gasteiger partial charge on any atom is 0.335 e. The Morgan fingerprint density at radius 2 is 1.90 bits per heavy atom. The molecule has 3 aromatic heterocycles. The number of anilines is 2. The Balaban J connectivity index is 1.85. The summed E-state index contributed by atoms with van der Waals surface area (Å²) >= 11 is 0. The minimum atomic E-state index is -0.440. The van der Waals surface area contributed by atoms with Crippen LogP contribution >= 0.6 is 0 Å². The van der Waals surface area contributed by atoms with E-state index in [-0.39, 0.29) is 23.1 Å². The fourth-order valence-electron chi connectivity index (χ4n) is 3.45. The van der Waals surface area contributed by atoms with Gasteiger partial charge in [0.05, 0.1) is 12.1 Å². The van der Waals surface area contributed by atoms with Crippen molar-refractivity contribution in [3.63, 3.8) is 0 Å². The van der Waals surface area contributed by atoms with E-state index >= 15 is 0 Å². The maximum atomic E-state index is 13.3. The SMILES string of the molecule is C[C@H](Nc1ncnc(N)c1C#N)c1nc2cccn2c(=O)n1[C@@H](C)c1ccccc1. The van der Waals surface area contributed by atoms with Crippen molar-refractivity contribution < 1.29 is 0 Å². The molecule has 0 radical (unpaired) electrons. The summed E-state index contributed by atoms with van der Waals surface area (Å²) in [5.74, 6) is 0.900. The van der Waals surface area contributed by atoms with Crippen LogP contribution in [0.2, 0.25) is 0 Å². The van der Waals surface area contributed by atoms with Gasteiger partial charge in [0.2, 0.25) is 0 Å². The first kappa shape index (κ1) is 19.1. The molecule has 0 bridgehead atoms. The fourth-order valence-corrected chi connectivity index (χ4v) is 3.45. The molecule has 9 heteroatoms. The molecule has 0 saturated heterocycles. The molecule has 150 valence electrons. The summed E-state index contributed by atoms with van der Waals surface area (Å²) in [6.45, 7) is 3.81. The highest BCUT2D eigenvalue weighted by Crippen LogP contribution is 2.25. The lowest BCUT2D eigenvalue weighted by molar-refractivity contribution is 0.526. The first-order valence-corrected chi connectivity index (χ1v) is 9.42. The number of aromatic nitrogens is 5. The van der Waals surface area contributed by atoms with E-state index in [1.165, 1.54) is 10.7 Å². The largest absolute Gasteiger partial charge is 0.382 e. The summed E-state index contributed by atoms with van der Waals surface area (Å²) in [7, 11) is 0. The van der Waals surface area contributed by atoms with Crippen LogP contribution in [0.5, 0.6) is 0 Å². The standard InChI is InChI=1S/C21H20N8O/c1-13(26-19-16(11-22)18(23)24-12-25-19)20-27-17-9-6-10-28(17)21(30)29(20)14(2)15-7-4-3-5-8-15/h3-10,12-14H,1-2H3,(H3,23,24,25,26)/t13-,14-/m0/s1. The summed E-state index contributed by atoms with van der Waals surface area (Å²) < 4.78 is 3.16. The third kappa shape index (κ3) is 3.24. The van der Waals surface area contributed by atoms with Gasteiger partial charge in [-0.05, 0) is 31.5 Å². The number of rotatable bonds is 5. The lowest BCUT2D eigenvalue weighted by Crippen LogP contribution is -2.35. The van der Waals surface area contributed by atoms with Crippen molar-refractivity contribution in [3.05, 3.63) is 82.4 Å². The number of hydrogen-bond donors (Lipinski definition) is 2. The average molecular weight is 400 g/mol. The van der Waals surface area contributed by atoms with Gasteiger partial charge in [0.15, 0.2) is 0 Å². The average Bonchev–Trinajstić information content (AvgIpc) is 3.23. The van der Waals surface area contributed by atoms with E-state index in [2.05, 4.69) is 15.3 Å². The molecule has 9 nitrogen and oxygen atoms in total. The molecule has 0 unspecified atom stereocenters. The van der Waals surface area contributed by atoms with Gasteiger partial charge < -0.3 is 11.1 Å². The zero-order chi connectivity index (χ0) is 21.3. The summed E-state index contributed by atoms with van der Waals surface area (Å²) in [4.78, 5) is 26.0. The van der Waals surface area contributed by atoms with Gasteiger partial charge in [0.1, 0.15) is 41.1 Å². The quantitative estimate of drug-likeness (QED) is 0.527. The van der Waals surface area contributed by atoms with Crippen LogP contribution in [0.25, 0.3) is 5.65 Å². The minimum Gasteiger partial charge on any atom is -0.382 e. The Hall–Kier alpha value is -4.19. The van der Waals surface area contributed by atoms with E-state index in [1.54, 1.807) is 22.9 Å². The predicted molar refractivity (Wildman–Crippen MR) is 113 cm³/mol. The zero-order valence-electron chi connectivity index (χ0n) is 16.5. The Morgan fingerprint density at radius 3 is 2.63 bits per heavy atom. The molecule has 1 aromatic carbocycles. The van der Waals surface area contributed by atoms with Gasteiger partial charge in [-0.1, -0.05) is 30.3 Å². The molecule has 3 heterocycles. The maximum absolute atomic E-state index is 13.3. The number of hydrogen-bond acceptors (Lipinski definition) is 7. The highest BCUT2D eigenvalue weighted by atomic mass is 16.1. The highest BCUT2D eigenvalue weighted by Gasteiger charge is 2.22. The summed E-state index contributed by atoms with van der Waals surface area (Å²) in [5.41, 5.74) is 7.27. The van der Waals surface area contributed by atoms with Crippen LogP contribution in [0.4, 0.5) is 11.6 Å². The Bertz CT molecular complexity index is 1300. The second-order valence-electron chi connectivity index (χ2n) is 6.91. The van der Waals surface area contributed by atoms with Crippen molar-refractivity contribution in [1.82, 2.24) is 23.9 Å². The molecule has 0 saturated carbocycles. The Labute approximate surface area is 172 Å². The normalized spacial score (nSPS) is 13.0. The van der Waals surface area contributed by atoms with E-state index in [4.69, 9.17) is 10.7 Å². The van der Waals surface area contributed by atoms with Gasteiger partial charge in [0.25, 0.3) is 0 Å². The van der Waals surface area contributed by atoms with Crippen LogP contribution in [0.3, 0.4) is 0 Å². The Kier molecular flexibility index (Phi) is 4.90. The van der Waals surface area contributed by atoms with Crippen molar-refractivity contribution in [3.8, 4) is 6.07 Å². The highest BCUT2D eigenvalue weighted by molar-refractivity contribution is 5.62. The molecule has 2 atom stereocenters. The number of fused-ring (bicyclic) bond motifs is 1. The topological polar surface area (TPSA) is 127 Å². The molecule has 30 heavy (non-hydrogen) atoms. The number of nitrogen functional groups attached to an aromatic ring is 1. The van der Waals surface area contributed by atoms with Gasteiger partial charge in [-0.2, -0.15) is 5.26 Å². The van der Waals surface area contributed by atoms with Crippen molar-refractivity contribution in [2.45, 2.75) is 25.9 Å². The van der Waals surface area contributed by atoms with Crippen molar-refractivity contribution in [1.29, 1.82) is 5.26 Å². The first-order valence-electron chi connectivity index (χ1n) is 9.42. The summed E-state index contributed by atoms with van der Waals surface area (Å²) in [6, 6.07) is 14.6. The van der Waals surface area contributed by atoms with E-state index in [9.17, 15) is 10.1 Å². The van der Waals surface area contributed by atoms with E-state index in [0.29, 0.717) is 17.3 Å². The van der Waals surface area contributed by atoms with E-state index in [1.807, 2.05) is 50.2 Å². The monoisotopic (exact) mass is 400 g/mol. The van der Waals surface area contributed by atoms with Gasteiger partial charge in [-0.3, -0.25) is 8.97 Å². The molecule has 0 aliphatic carbocycles. The molecular weight excluding hydrogens is 380 g/mol. The molecule has 4 rings (SSSR count). The molecule has 4 aromatic rings. The molecule has 0 aliphatic heterocycles. The molecule has 0 spiro atoms. The number of nitriles is 1. The summed E-state index contributed by atoms with van der Waals surface area (Å²) in [5, 5.41) is 12.6. The van der Waals surface area contributed by atoms with Crippen LogP contribution in [0.1, 0.15) is 42.9 Å². The first-order chi connectivity index (χ1) is 14.5. The van der Waals surface area contributed by atoms with Gasteiger partial charge in [-0.15, -0.1) is 0 Å². The Morgan fingerprint density at radius 1 is 1.13 bits per heavy atom. The fraction of sp³-hybridized carbons (Fsp3) is 0.190. The van der Waals surface area contributed by atoms with E-state index < -0.39 is 6.04 Å². The van der Waals surface area contributed by atoms with Crippen LogP contribution in [0, 0.1) is 11.3 Å². The number of nitrogens with two attached hydrogens (primary N) is 1. The zero-order valence-corrected chi connectivity index (χ0v) is 16.5. The molecule has 3 N–H and O–H groups in total. The third-order valence-electron chi connectivity index (χ3n) is 5.01. The molecule has 0 fully saturated rings. The van der Waals surface area contributed by atoms with Crippen molar-refractivity contribution in [2.24, 2.45) is 0 Å². The number of nitrogens with zero attached hydrogens (tertiary/aromatic N) is 6. The van der Waals surface area contributed by atoms with Crippen LogP contribution in [-0.2, 0) is 0 Å². The van der Waals surface area contributed by atoms with E-state index in [0.717, 1.165) is 5.56 Å². The van der Waals surface area contributed by atoms with Crippen molar-refractivity contribution >= 4 is 17.3 Å². The number of nitrogens with one attached hydrogen (secondary N) is 1. The lowest BCUT2D eigenvalue weighted by Gasteiger charge is -2.24. The summed E-state index contributed by atoms with van der Waals surface area (Å²) in [6.07, 6.45) is 2.98. The number of benzene rings is 1.